The third kappa shape index (κ3) is 2.31. The van der Waals surface area contributed by atoms with Crippen molar-refractivity contribution in [1.82, 2.24) is 0 Å². The Kier molecular flexibility index (Phi) is 2.66. The van der Waals surface area contributed by atoms with Gasteiger partial charge >= 0.3 is 0 Å². The molecular formula is C9H20O2Si. The summed E-state index contributed by atoms with van der Waals surface area (Å²) in [4.78, 5) is 0. The molecule has 2 atom stereocenters. The van der Waals surface area contributed by atoms with E-state index in [1.54, 1.807) is 0 Å². The minimum absolute atomic E-state index is 0.0697. The van der Waals surface area contributed by atoms with Crippen LogP contribution in [0, 0.1) is 0 Å². The summed E-state index contributed by atoms with van der Waals surface area (Å²) in [5.74, 6) is 0. The maximum atomic E-state index is 5.97. The largest absolute Gasteiger partial charge is 0.412 e. The lowest BCUT2D eigenvalue weighted by molar-refractivity contribution is 0.102. The van der Waals surface area contributed by atoms with Gasteiger partial charge in [0.1, 0.15) is 5.60 Å². The first-order chi connectivity index (χ1) is 5.40. The lowest BCUT2D eigenvalue weighted by Crippen LogP contribution is -2.38. The summed E-state index contributed by atoms with van der Waals surface area (Å²) in [6.07, 6.45) is 1.34. The van der Waals surface area contributed by atoms with Crippen LogP contribution in [-0.4, -0.2) is 26.6 Å². The first-order valence-electron chi connectivity index (χ1n) is 4.71. The average Bonchev–Trinajstić information content (AvgIpc) is 2.62. The molecule has 1 aliphatic rings. The zero-order chi connectivity index (χ0) is 9.41. The van der Waals surface area contributed by atoms with Crippen LogP contribution in [0.5, 0.6) is 0 Å². The van der Waals surface area contributed by atoms with Crippen molar-refractivity contribution in [2.45, 2.75) is 51.6 Å². The summed E-state index contributed by atoms with van der Waals surface area (Å²) in [5, 5.41) is 0. The molecule has 0 saturated carbocycles. The molecule has 3 heteroatoms. The molecule has 0 radical (unpaired) electrons. The standard InChI is InChI=1S/C9H20O2Si/c1-6-9(7-10-9)8(2)11-12(3,4)5/h8H,6-7H2,1-5H3. The van der Waals surface area contributed by atoms with Crippen LogP contribution in [0.4, 0.5) is 0 Å². The van der Waals surface area contributed by atoms with Crippen LogP contribution in [0.15, 0.2) is 0 Å². The minimum atomic E-state index is -1.39. The number of hydrogen-bond acceptors (Lipinski definition) is 2. The molecule has 0 aromatic heterocycles. The van der Waals surface area contributed by atoms with E-state index in [0.29, 0.717) is 0 Å². The van der Waals surface area contributed by atoms with Crippen LogP contribution in [-0.2, 0) is 9.16 Å². The van der Waals surface area contributed by atoms with Gasteiger partial charge in [-0.1, -0.05) is 6.92 Å². The van der Waals surface area contributed by atoms with Crippen molar-refractivity contribution in [2.75, 3.05) is 6.61 Å². The number of rotatable bonds is 4. The maximum Gasteiger partial charge on any atom is 0.184 e. The van der Waals surface area contributed by atoms with Gasteiger partial charge in [0.05, 0.1) is 12.7 Å². The van der Waals surface area contributed by atoms with Crippen molar-refractivity contribution in [2.24, 2.45) is 0 Å². The Bertz CT molecular complexity index is 158. The van der Waals surface area contributed by atoms with E-state index in [-0.39, 0.29) is 11.7 Å². The Morgan fingerprint density at radius 3 is 2.25 bits per heavy atom. The normalized spacial score (nSPS) is 31.8. The molecule has 2 nitrogen and oxygen atoms in total. The second-order valence-corrected chi connectivity index (χ2v) is 9.04. The fourth-order valence-corrected chi connectivity index (χ4v) is 2.73. The second kappa shape index (κ2) is 3.12. The van der Waals surface area contributed by atoms with Gasteiger partial charge in [0.15, 0.2) is 8.32 Å². The van der Waals surface area contributed by atoms with Crippen molar-refractivity contribution in [3.8, 4) is 0 Å². The highest BCUT2D eigenvalue weighted by atomic mass is 28.4. The molecule has 0 spiro atoms. The van der Waals surface area contributed by atoms with Gasteiger partial charge in [-0.25, -0.2) is 0 Å². The Morgan fingerprint density at radius 2 is 2.00 bits per heavy atom. The predicted octanol–water partition coefficient (Wildman–Crippen LogP) is 2.41. The summed E-state index contributed by atoms with van der Waals surface area (Å²) in [7, 11) is -1.39. The number of epoxide rings is 1. The number of hydrogen-bond donors (Lipinski definition) is 0. The Hall–Kier alpha value is 0.137. The van der Waals surface area contributed by atoms with Gasteiger partial charge in [-0.05, 0) is 33.0 Å². The molecule has 1 rings (SSSR count). The van der Waals surface area contributed by atoms with E-state index in [1.807, 2.05) is 0 Å². The SMILES string of the molecule is CCC1(C(C)O[Si](C)(C)C)CO1. The van der Waals surface area contributed by atoms with E-state index in [9.17, 15) is 0 Å². The van der Waals surface area contributed by atoms with Gasteiger partial charge in [-0.15, -0.1) is 0 Å². The molecule has 0 bridgehead atoms. The molecule has 0 aromatic carbocycles. The van der Waals surface area contributed by atoms with Gasteiger partial charge in [0.2, 0.25) is 0 Å². The zero-order valence-electron chi connectivity index (χ0n) is 8.81. The van der Waals surface area contributed by atoms with Crippen LogP contribution >= 0.6 is 0 Å². The van der Waals surface area contributed by atoms with Crippen molar-refractivity contribution in [1.29, 1.82) is 0 Å². The van der Waals surface area contributed by atoms with E-state index in [0.717, 1.165) is 13.0 Å². The summed E-state index contributed by atoms with van der Waals surface area (Å²) in [6.45, 7) is 11.8. The number of ether oxygens (including phenoxy) is 1. The average molecular weight is 188 g/mol. The Balaban J connectivity index is 2.43. The van der Waals surface area contributed by atoms with Crippen LogP contribution in [0.2, 0.25) is 19.6 Å². The highest BCUT2D eigenvalue weighted by Crippen LogP contribution is 2.36. The zero-order valence-corrected chi connectivity index (χ0v) is 9.81. The molecule has 0 N–H and O–H groups in total. The smallest absolute Gasteiger partial charge is 0.184 e. The van der Waals surface area contributed by atoms with Crippen LogP contribution in [0.1, 0.15) is 20.3 Å². The van der Waals surface area contributed by atoms with Crippen molar-refractivity contribution in [3.05, 3.63) is 0 Å². The molecule has 1 aliphatic heterocycles. The summed E-state index contributed by atoms with van der Waals surface area (Å²) < 4.78 is 11.4. The Morgan fingerprint density at radius 1 is 1.50 bits per heavy atom. The molecule has 1 saturated heterocycles. The minimum Gasteiger partial charge on any atom is -0.412 e. The fourth-order valence-electron chi connectivity index (χ4n) is 1.46. The highest BCUT2D eigenvalue weighted by Gasteiger charge is 2.49. The van der Waals surface area contributed by atoms with E-state index in [2.05, 4.69) is 33.5 Å². The molecular weight excluding hydrogens is 168 g/mol. The lowest BCUT2D eigenvalue weighted by atomic mass is 10.0. The van der Waals surface area contributed by atoms with Crippen molar-refractivity contribution in [3.63, 3.8) is 0 Å². The van der Waals surface area contributed by atoms with E-state index in [4.69, 9.17) is 9.16 Å². The van der Waals surface area contributed by atoms with Crippen molar-refractivity contribution < 1.29 is 9.16 Å². The van der Waals surface area contributed by atoms with Crippen LogP contribution in [0.25, 0.3) is 0 Å². The first-order valence-corrected chi connectivity index (χ1v) is 8.12. The molecule has 1 fully saturated rings. The first kappa shape index (κ1) is 10.2. The van der Waals surface area contributed by atoms with Gasteiger partial charge in [0, 0.05) is 0 Å². The van der Waals surface area contributed by atoms with Crippen LogP contribution < -0.4 is 0 Å². The summed E-state index contributed by atoms with van der Waals surface area (Å²) >= 11 is 0. The fraction of sp³-hybridized carbons (Fsp3) is 1.00. The molecule has 72 valence electrons. The summed E-state index contributed by atoms with van der Waals surface area (Å²) in [6, 6.07) is 0. The highest BCUT2D eigenvalue weighted by molar-refractivity contribution is 6.69. The van der Waals surface area contributed by atoms with Crippen LogP contribution in [0.3, 0.4) is 0 Å². The topological polar surface area (TPSA) is 21.8 Å². The van der Waals surface area contributed by atoms with Gasteiger partial charge in [-0.3, -0.25) is 0 Å². The molecule has 12 heavy (non-hydrogen) atoms. The monoisotopic (exact) mass is 188 g/mol. The third-order valence-electron chi connectivity index (χ3n) is 2.38. The Labute approximate surface area is 76.4 Å². The molecule has 0 aromatic rings. The van der Waals surface area contributed by atoms with Crippen molar-refractivity contribution >= 4 is 8.32 Å². The van der Waals surface area contributed by atoms with E-state index in [1.165, 1.54) is 0 Å². The third-order valence-corrected chi connectivity index (χ3v) is 3.45. The van der Waals surface area contributed by atoms with Gasteiger partial charge < -0.3 is 9.16 Å². The predicted molar refractivity (Wildman–Crippen MR) is 52.9 cm³/mol. The maximum absolute atomic E-state index is 5.97. The van der Waals surface area contributed by atoms with Gasteiger partial charge in [-0.2, -0.15) is 0 Å². The molecule has 0 amide bonds. The van der Waals surface area contributed by atoms with E-state index >= 15 is 0 Å². The van der Waals surface area contributed by atoms with E-state index < -0.39 is 8.32 Å². The molecule has 1 heterocycles. The molecule has 2 unspecified atom stereocenters. The second-order valence-electron chi connectivity index (χ2n) is 4.58. The quantitative estimate of drug-likeness (QED) is 0.499. The summed E-state index contributed by atoms with van der Waals surface area (Å²) in [5.41, 5.74) is 0.0697. The lowest BCUT2D eigenvalue weighted by Gasteiger charge is -2.27. The molecule has 0 aliphatic carbocycles. The van der Waals surface area contributed by atoms with Gasteiger partial charge in [0.25, 0.3) is 0 Å².